The van der Waals surface area contributed by atoms with E-state index < -0.39 is 8.61 Å². The van der Waals surface area contributed by atoms with Crippen molar-refractivity contribution >= 4 is 17.3 Å². The van der Waals surface area contributed by atoms with Gasteiger partial charge in [-0.15, -0.1) is 0 Å². The maximum Gasteiger partial charge on any atom is 0.0851 e. The van der Waals surface area contributed by atoms with Crippen molar-refractivity contribution in [1.29, 1.82) is 0 Å². The molecule has 0 spiro atoms. The van der Waals surface area contributed by atoms with Crippen LogP contribution in [-0.2, 0) is 4.74 Å². The van der Waals surface area contributed by atoms with Crippen LogP contribution in [0.4, 0.5) is 0 Å². The molecule has 3 heteroatoms. The zero-order valence-electron chi connectivity index (χ0n) is 8.97. The van der Waals surface area contributed by atoms with Gasteiger partial charge >= 0.3 is 0 Å². The fourth-order valence-electron chi connectivity index (χ4n) is 1.77. The van der Waals surface area contributed by atoms with Crippen molar-refractivity contribution < 1.29 is 4.74 Å². The monoisotopic (exact) mass is 208 g/mol. The third-order valence-electron chi connectivity index (χ3n) is 2.21. The Kier molecular flexibility index (Phi) is 2.96. The van der Waals surface area contributed by atoms with E-state index >= 15 is 0 Å². The largest absolute Gasteiger partial charge is 0.381 e. The summed E-state index contributed by atoms with van der Waals surface area (Å²) >= 11 is 0. The lowest BCUT2D eigenvalue weighted by atomic mass is 10.2. The normalized spacial score (nSPS) is 30.3. The predicted molar refractivity (Wildman–Crippen MR) is 64.8 cm³/mol. The average molecular weight is 208 g/mol. The minimum atomic E-state index is -1.19. The Morgan fingerprint density at radius 1 is 1.17 bits per heavy atom. The van der Waals surface area contributed by atoms with E-state index in [0.717, 1.165) is 6.61 Å². The Hall–Kier alpha value is 0.527. The van der Waals surface area contributed by atoms with Crippen molar-refractivity contribution in [1.82, 2.24) is 0 Å². The lowest BCUT2D eigenvalue weighted by molar-refractivity contribution is 0.0667. The molecule has 1 saturated heterocycles. The van der Waals surface area contributed by atoms with Gasteiger partial charge in [0, 0.05) is 6.61 Å². The topological polar surface area (TPSA) is 9.23 Å². The van der Waals surface area contributed by atoms with E-state index in [4.69, 9.17) is 4.74 Å². The summed E-state index contributed by atoms with van der Waals surface area (Å²) in [5, 5.41) is 0. The lowest BCUT2D eigenvalue weighted by Crippen LogP contribution is -2.33. The summed E-state index contributed by atoms with van der Waals surface area (Å²) in [5.74, 6) is 0. The van der Waals surface area contributed by atoms with Gasteiger partial charge in [-0.1, -0.05) is 25.0 Å². The highest BCUT2D eigenvalue weighted by Crippen LogP contribution is 2.54. The first-order valence-corrected chi connectivity index (χ1v) is 11.9. The maximum absolute atomic E-state index is 5.81. The molecule has 1 nitrogen and oxygen atoms in total. The second-order valence-electron chi connectivity index (χ2n) is 6.12. The van der Waals surface area contributed by atoms with E-state index in [-0.39, 0.29) is 8.67 Å². The fraction of sp³-hybridized carbons (Fsp3) is 1.00. The van der Waals surface area contributed by atoms with Crippen molar-refractivity contribution in [3.8, 4) is 0 Å². The van der Waals surface area contributed by atoms with Gasteiger partial charge in [0.05, 0.1) is 14.4 Å². The van der Waals surface area contributed by atoms with Crippen LogP contribution in [0.5, 0.6) is 0 Å². The summed E-state index contributed by atoms with van der Waals surface area (Å²) in [6.07, 6.45) is 14.0. The molecule has 1 aliphatic heterocycles. The first-order chi connectivity index (χ1) is 5.33. The summed E-state index contributed by atoms with van der Waals surface area (Å²) in [4.78, 5) is 0. The van der Waals surface area contributed by atoms with Crippen LogP contribution in [0.25, 0.3) is 0 Å². The van der Waals surface area contributed by atoms with E-state index in [1.165, 1.54) is 19.3 Å². The van der Waals surface area contributed by atoms with E-state index in [1.807, 2.05) is 0 Å². The summed E-state index contributed by atoms with van der Waals surface area (Å²) in [5.41, 5.74) is 0.710. The predicted octanol–water partition coefficient (Wildman–Crippen LogP) is 1.19. The zero-order valence-corrected chi connectivity index (χ0v) is 11.3. The summed E-state index contributed by atoms with van der Waals surface area (Å²) in [7, 11) is -1.17. The fourth-order valence-corrected chi connectivity index (χ4v) is 9.89. The van der Waals surface area contributed by atoms with Gasteiger partial charge in [0.15, 0.2) is 0 Å². The highest BCUT2D eigenvalue weighted by molar-refractivity contribution is 8.64. The van der Waals surface area contributed by atoms with Crippen molar-refractivity contribution in [3.63, 3.8) is 0 Å². The van der Waals surface area contributed by atoms with Crippen LogP contribution in [0.3, 0.4) is 0 Å². The summed E-state index contributed by atoms with van der Waals surface area (Å²) in [6, 6.07) is 0. The molecule has 1 fully saturated rings. The second-order valence-corrected chi connectivity index (χ2v) is 24.0. The highest BCUT2D eigenvalue weighted by atomic mass is 32.5. The molecule has 1 atom stereocenters. The molecule has 1 rings (SSSR count). The molecule has 1 aliphatic rings. The molecule has 0 saturated carbocycles. The molecule has 0 bridgehead atoms. The van der Waals surface area contributed by atoms with Gasteiger partial charge in [-0.3, -0.25) is 0 Å². The van der Waals surface area contributed by atoms with Crippen LogP contribution in [-0.4, -0.2) is 46.0 Å². The minimum absolute atomic E-state index is 0.0157. The highest BCUT2D eigenvalue weighted by Gasteiger charge is 2.26. The molecule has 1 heterocycles. The summed E-state index contributed by atoms with van der Waals surface area (Å²) in [6.45, 7) is 1.03. The minimum Gasteiger partial charge on any atom is -0.381 e. The quantitative estimate of drug-likeness (QED) is 0.530. The standard InChI is InChI=1S/C9H24OSSi/c1-11(2,3,4)12-9-7-5-6-8-10-9/h9,11H,5-8,12H2,1-4H3. The van der Waals surface area contributed by atoms with Gasteiger partial charge in [0.1, 0.15) is 0 Å². The van der Waals surface area contributed by atoms with Crippen LogP contribution < -0.4 is 0 Å². The number of thiol groups is 1. The SMILES string of the molecule is C[SH](C)(C)(C)[SiH2]C1CCCCO1. The lowest BCUT2D eigenvalue weighted by Gasteiger charge is -2.49. The third-order valence-corrected chi connectivity index (χ3v) is 10.3. The molecular weight excluding hydrogens is 184 g/mol. The third kappa shape index (κ3) is 4.53. The molecule has 0 aliphatic carbocycles. The molecule has 76 valence electrons. The molecule has 0 aromatic carbocycles. The van der Waals surface area contributed by atoms with Crippen LogP contribution in [0.15, 0.2) is 0 Å². The van der Waals surface area contributed by atoms with Crippen LogP contribution >= 0.6 is 8.61 Å². The molecule has 0 amide bonds. The number of rotatable bonds is 2. The first kappa shape index (κ1) is 10.6. The van der Waals surface area contributed by atoms with E-state index in [1.54, 1.807) is 0 Å². The van der Waals surface area contributed by atoms with Gasteiger partial charge in [0.25, 0.3) is 0 Å². The van der Waals surface area contributed by atoms with Crippen molar-refractivity contribution in [2.45, 2.75) is 25.0 Å². The molecular formula is C9H24OSSi. The number of hydrogen-bond acceptors (Lipinski definition) is 1. The molecule has 0 radical (unpaired) electrons. The van der Waals surface area contributed by atoms with Crippen molar-refractivity contribution in [2.24, 2.45) is 0 Å². The Morgan fingerprint density at radius 3 is 2.25 bits per heavy atom. The van der Waals surface area contributed by atoms with Gasteiger partial charge in [-0.2, -0.15) is 0 Å². The van der Waals surface area contributed by atoms with E-state index in [2.05, 4.69) is 25.0 Å². The number of hydrogen-bond donors (Lipinski definition) is 1. The Labute approximate surface area is 79.0 Å². The van der Waals surface area contributed by atoms with Crippen molar-refractivity contribution in [3.05, 3.63) is 0 Å². The van der Waals surface area contributed by atoms with E-state index in [0.29, 0.717) is 5.73 Å². The van der Waals surface area contributed by atoms with Crippen LogP contribution in [0.1, 0.15) is 19.3 Å². The first-order valence-electron chi connectivity index (χ1n) is 4.95. The zero-order chi connectivity index (χ0) is 9.27. The number of ether oxygens (including phenoxy) is 1. The van der Waals surface area contributed by atoms with Gasteiger partial charge in [-0.05, 0) is 19.3 Å². The van der Waals surface area contributed by atoms with Gasteiger partial charge in [-0.25, -0.2) is 0 Å². The maximum atomic E-state index is 5.81. The molecule has 1 unspecified atom stereocenters. The van der Waals surface area contributed by atoms with Crippen LogP contribution in [0, 0.1) is 0 Å². The smallest absolute Gasteiger partial charge is 0.0851 e. The van der Waals surface area contributed by atoms with Gasteiger partial charge in [0.2, 0.25) is 0 Å². The Morgan fingerprint density at radius 2 is 1.83 bits per heavy atom. The Bertz CT molecular complexity index is 146. The molecule has 0 N–H and O–H groups in total. The van der Waals surface area contributed by atoms with Crippen LogP contribution in [0.2, 0.25) is 0 Å². The van der Waals surface area contributed by atoms with Crippen molar-refractivity contribution in [2.75, 3.05) is 31.6 Å². The molecule has 0 aromatic rings. The van der Waals surface area contributed by atoms with Gasteiger partial charge < -0.3 is 13.3 Å². The summed E-state index contributed by atoms with van der Waals surface area (Å²) < 4.78 is 5.81. The van der Waals surface area contributed by atoms with E-state index in [9.17, 15) is 0 Å². The average Bonchev–Trinajstić information content (AvgIpc) is 1.83. The Balaban J connectivity index is 2.40. The second kappa shape index (κ2) is 3.35. The molecule has 12 heavy (non-hydrogen) atoms. The molecule has 0 aromatic heterocycles.